The Bertz CT molecular complexity index is 769. The van der Waals surface area contributed by atoms with Crippen molar-refractivity contribution in [1.82, 2.24) is 30.0 Å². The average Bonchev–Trinajstić information content (AvgIpc) is 3.07. The van der Waals surface area contributed by atoms with Crippen molar-refractivity contribution in [2.75, 3.05) is 45.2 Å². The number of aromatic nitrogens is 4. The molecule has 1 unspecified atom stereocenters. The number of piperidine rings is 2. The molecular formula is C18H27N7O. The molecule has 0 saturated carbocycles. The van der Waals surface area contributed by atoms with E-state index in [1.54, 1.807) is 0 Å². The minimum absolute atomic E-state index is 0.197. The number of carbonyl (C=O) groups excluding carboxylic acids is 1. The van der Waals surface area contributed by atoms with Crippen LogP contribution in [0.25, 0.3) is 5.65 Å². The number of anilines is 1. The lowest BCUT2D eigenvalue weighted by Gasteiger charge is -2.34. The molecule has 0 spiro atoms. The molecule has 8 nitrogen and oxygen atoms in total. The summed E-state index contributed by atoms with van der Waals surface area (Å²) in [5.74, 6) is 3.08. The smallest absolute Gasteiger partial charge is 0.220 e. The Balaban J connectivity index is 1.39. The maximum atomic E-state index is 11.3. The molecule has 2 aliphatic heterocycles. The van der Waals surface area contributed by atoms with E-state index in [1.165, 1.54) is 0 Å². The largest absolute Gasteiger partial charge is 0.361 e. The van der Waals surface area contributed by atoms with E-state index in [0.717, 1.165) is 62.7 Å². The van der Waals surface area contributed by atoms with Crippen LogP contribution in [0.1, 0.15) is 37.4 Å². The zero-order chi connectivity index (χ0) is 18.1. The van der Waals surface area contributed by atoms with Crippen LogP contribution in [-0.4, -0.2) is 70.9 Å². The Hall–Kier alpha value is -2.22. The summed E-state index contributed by atoms with van der Waals surface area (Å²) >= 11 is 0. The molecule has 0 aromatic carbocycles. The van der Waals surface area contributed by atoms with Crippen molar-refractivity contribution in [2.45, 2.75) is 31.6 Å². The second-order valence-electron chi connectivity index (χ2n) is 7.70. The van der Waals surface area contributed by atoms with Gasteiger partial charge in [-0.25, -0.2) is 0 Å². The van der Waals surface area contributed by atoms with Gasteiger partial charge in [-0.3, -0.25) is 4.79 Å². The van der Waals surface area contributed by atoms with Crippen molar-refractivity contribution >= 4 is 17.4 Å². The third-order valence-corrected chi connectivity index (χ3v) is 5.57. The summed E-state index contributed by atoms with van der Waals surface area (Å²) in [4.78, 5) is 15.8. The molecule has 4 rings (SSSR count). The number of likely N-dealkylation sites (tertiary alicyclic amines) is 1. The van der Waals surface area contributed by atoms with E-state index in [9.17, 15) is 4.79 Å². The lowest BCUT2D eigenvalue weighted by Crippen LogP contribution is -2.43. The zero-order valence-corrected chi connectivity index (χ0v) is 15.6. The summed E-state index contributed by atoms with van der Waals surface area (Å²) in [6.45, 7) is 4.04. The third kappa shape index (κ3) is 3.51. The fourth-order valence-corrected chi connectivity index (χ4v) is 3.97. The van der Waals surface area contributed by atoms with Gasteiger partial charge in [0, 0.05) is 39.5 Å². The molecule has 2 aromatic rings. The number of amides is 1. The fraction of sp³-hybridized carbons (Fsp3) is 0.667. The monoisotopic (exact) mass is 357 g/mol. The number of nitrogens with zero attached hydrogens (tertiary/aromatic N) is 6. The van der Waals surface area contributed by atoms with E-state index in [4.69, 9.17) is 5.10 Å². The molecule has 140 valence electrons. The molecule has 8 heteroatoms. The van der Waals surface area contributed by atoms with E-state index < -0.39 is 0 Å². The SMILES string of the molecule is CN(C)c1ccc2nnc(C3CCN(CC4CCC(=O)NC4)CC3)n2n1. The number of rotatable bonds is 4. The third-order valence-electron chi connectivity index (χ3n) is 5.57. The van der Waals surface area contributed by atoms with Gasteiger partial charge in [0.05, 0.1) is 0 Å². The van der Waals surface area contributed by atoms with Crippen LogP contribution in [0.15, 0.2) is 12.1 Å². The highest BCUT2D eigenvalue weighted by atomic mass is 16.1. The molecule has 2 aromatic heterocycles. The van der Waals surface area contributed by atoms with Gasteiger partial charge in [-0.1, -0.05) is 0 Å². The van der Waals surface area contributed by atoms with Gasteiger partial charge in [0.25, 0.3) is 0 Å². The van der Waals surface area contributed by atoms with Crippen LogP contribution in [-0.2, 0) is 4.79 Å². The summed E-state index contributed by atoms with van der Waals surface area (Å²) in [7, 11) is 3.98. The maximum Gasteiger partial charge on any atom is 0.220 e. The maximum absolute atomic E-state index is 11.3. The van der Waals surface area contributed by atoms with E-state index in [2.05, 4.69) is 20.4 Å². The Kier molecular flexibility index (Phi) is 4.76. The summed E-state index contributed by atoms with van der Waals surface area (Å²) in [6, 6.07) is 3.95. The van der Waals surface area contributed by atoms with E-state index >= 15 is 0 Å². The molecule has 4 heterocycles. The van der Waals surface area contributed by atoms with Crippen LogP contribution >= 0.6 is 0 Å². The van der Waals surface area contributed by atoms with Gasteiger partial charge in [-0.2, -0.15) is 4.52 Å². The Labute approximate surface area is 153 Å². The van der Waals surface area contributed by atoms with Gasteiger partial charge in [0.1, 0.15) is 5.82 Å². The molecule has 2 fully saturated rings. The molecule has 0 aliphatic carbocycles. The van der Waals surface area contributed by atoms with Gasteiger partial charge >= 0.3 is 0 Å². The van der Waals surface area contributed by atoms with E-state index in [1.807, 2.05) is 35.6 Å². The summed E-state index contributed by atoms with van der Waals surface area (Å²) in [6.07, 6.45) is 3.84. The number of hydrogen-bond donors (Lipinski definition) is 1. The van der Waals surface area contributed by atoms with E-state index in [-0.39, 0.29) is 5.91 Å². The predicted octanol–water partition coefficient (Wildman–Crippen LogP) is 0.896. The summed E-state index contributed by atoms with van der Waals surface area (Å²) in [5, 5.41) is 16.4. The van der Waals surface area contributed by atoms with Crippen molar-refractivity contribution in [3.8, 4) is 0 Å². The molecule has 0 radical (unpaired) electrons. The molecule has 0 bridgehead atoms. The van der Waals surface area contributed by atoms with Crippen molar-refractivity contribution in [2.24, 2.45) is 5.92 Å². The highest BCUT2D eigenvalue weighted by molar-refractivity contribution is 5.76. The minimum atomic E-state index is 0.197. The molecule has 1 atom stereocenters. The Morgan fingerprint density at radius 3 is 2.69 bits per heavy atom. The lowest BCUT2D eigenvalue weighted by molar-refractivity contribution is -0.123. The van der Waals surface area contributed by atoms with Crippen LogP contribution in [0.3, 0.4) is 0 Å². The van der Waals surface area contributed by atoms with Gasteiger partial charge in [-0.15, -0.1) is 15.3 Å². The van der Waals surface area contributed by atoms with Crippen molar-refractivity contribution in [3.63, 3.8) is 0 Å². The summed E-state index contributed by atoms with van der Waals surface area (Å²) in [5.41, 5.74) is 0.811. The Morgan fingerprint density at radius 2 is 2.00 bits per heavy atom. The summed E-state index contributed by atoms with van der Waals surface area (Å²) < 4.78 is 1.91. The van der Waals surface area contributed by atoms with Crippen LogP contribution in [0.2, 0.25) is 0 Å². The quantitative estimate of drug-likeness (QED) is 0.876. The van der Waals surface area contributed by atoms with Crippen LogP contribution < -0.4 is 10.2 Å². The van der Waals surface area contributed by atoms with Crippen molar-refractivity contribution < 1.29 is 4.79 Å². The number of hydrogen-bond acceptors (Lipinski definition) is 6. The standard InChI is InChI=1S/C18H27N7O/c1-23(2)16-5-4-15-20-21-18(25(15)22-16)14-7-9-24(10-8-14)12-13-3-6-17(26)19-11-13/h4-5,13-14H,3,6-12H2,1-2H3,(H,19,26). The molecular weight excluding hydrogens is 330 g/mol. The first-order chi connectivity index (χ1) is 12.6. The van der Waals surface area contributed by atoms with Gasteiger partial charge in [0.15, 0.2) is 11.5 Å². The first kappa shape index (κ1) is 17.2. The first-order valence-corrected chi connectivity index (χ1v) is 9.49. The van der Waals surface area contributed by atoms with Gasteiger partial charge in [-0.05, 0) is 50.4 Å². The Morgan fingerprint density at radius 1 is 1.19 bits per heavy atom. The van der Waals surface area contributed by atoms with Crippen LogP contribution in [0, 0.1) is 5.92 Å². The van der Waals surface area contributed by atoms with Crippen molar-refractivity contribution in [3.05, 3.63) is 18.0 Å². The van der Waals surface area contributed by atoms with Gasteiger partial charge < -0.3 is 15.1 Å². The first-order valence-electron chi connectivity index (χ1n) is 9.49. The molecule has 1 amide bonds. The highest BCUT2D eigenvalue weighted by Crippen LogP contribution is 2.28. The molecule has 26 heavy (non-hydrogen) atoms. The molecule has 2 saturated heterocycles. The number of fused-ring (bicyclic) bond motifs is 1. The second-order valence-corrected chi connectivity index (χ2v) is 7.70. The molecule has 2 aliphatic rings. The number of carbonyl (C=O) groups is 1. The van der Waals surface area contributed by atoms with Crippen LogP contribution in [0.5, 0.6) is 0 Å². The minimum Gasteiger partial charge on any atom is -0.361 e. The lowest BCUT2D eigenvalue weighted by atomic mass is 9.93. The second kappa shape index (κ2) is 7.19. The zero-order valence-electron chi connectivity index (χ0n) is 15.6. The fourth-order valence-electron chi connectivity index (χ4n) is 3.97. The normalized spacial score (nSPS) is 22.5. The average molecular weight is 357 g/mol. The highest BCUT2D eigenvalue weighted by Gasteiger charge is 2.27. The predicted molar refractivity (Wildman–Crippen MR) is 99.3 cm³/mol. The van der Waals surface area contributed by atoms with E-state index in [0.29, 0.717) is 18.3 Å². The van der Waals surface area contributed by atoms with Gasteiger partial charge in [0.2, 0.25) is 5.91 Å². The van der Waals surface area contributed by atoms with Crippen molar-refractivity contribution in [1.29, 1.82) is 0 Å². The topological polar surface area (TPSA) is 78.7 Å². The van der Waals surface area contributed by atoms with Crippen LogP contribution in [0.4, 0.5) is 5.82 Å². The number of nitrogens with one attached hydrogen (secondary N) is 1. The molecule has 1 N–H and O–H groups in total.